The number of hydrogen-bond acceptors (Lipinski definition) is 7. The zero-order valence-corrected chi connectivity index (χ0v) is 19.2. The summed E-state index contributed by atoms with van der Waals surface area (Å²) in [6, 6.07) is 3.73. The van der Waals surface area contributed by atoms with Crippen LogP contribution in [0.1, 0.15) is 37.8 Å². The van der Waals surface area contributed by atoms with Gasteiger partial charge in [0.25, 0.3) is 11.5 Å². The van der Waals surface area contributed by atoms with E-state index in [1.807, 2.05) is 32.9 Å². The number of amides is 1. The third-order valence-corrected chi connectivity index (χ3v) is 6.36. The SMILES string of the molecule is CCC(C)N1C(=O)C(=Cc2c(NCCCOC)nc3c(C)cccn3c2=O)SC1=S. The van der Waals surface area contributed by atoms with E-state index in [0.29, 0.717) is 39.4 Å². The van der Waals surface area contributed by atoms with Crippen molar-refractivity contribution in [3.63, 3.8) is 0 Å². The van der Waals surface area contributed by atoms with Crippen LogP contribution in [0.5, 0.6) is 0 Å². The maximum Gasteiger partial charge on any atom is 0.267 e. The average Bonchev–Trinajstić information content (AvgIpc) is 3.01. The molecular formula is C21H26N4O3S2. The van der Waals surface area contributed by atoms with Crippen LogP contribution in [0.15, 0.2) is 28.0 Å². The minimum Gasteiger partial charge on any atom is -0.385 e. The first-order valence-electron chi connectivity index (χ1n) is 9.90. The van der Waals surface area contributed by atoms with Crippen molar-refractivity contribution in [2.45, 2.75) is 39.7 Å². The van der Waals surface area contributed by atoms with E-state index in [9.17, 15) is 9.59 Å². The lowest BCUT2D eigenvalue weighted by molar-refractivity contribution is -0.123. The Labute approximate surface area is 185 Å². The molecule has 0 saturated carbocycles. The fraction of sp³-hybridized carbons (Fsp3) is 0.429. The predicted octanol–water partition coefficient (Wildman–Crippen LogP) is 3.45. The highest BCUT2D eigenvalue weighted by Gasteiger charge is 2.35. The molecule has 3 rings (SSSR count). The topological polar surface area (TPSA) is 75.9 Å². The van der Waals surface area contributed by atoms with Gasteiger partial charge in [-0.05, 0) is 44.4 Å². The highest BCUT2D eigenvalue weighted by atomic mass is 32.2. The zero-order valence-electron chi connectivity index (χ0n) is 17.6. The molecule has 1 saturated heterocycles. The first-order valence-corrected chi connectivity index (χ1v) is 11.1. The Morgan fingerprint density at radius 3 is 2.87 bits per heavy atom. The normalized spacial score (nSPS) is 16.7. The molecule has 30 heavy (non-hydrogen) atoms. The molecule has 0 radical (unpaired) electrons. The van der Waals surface area contributed by atoms with Gasteiger partial charge in [-0.15, -0.1) is 0 Å². The maximum atomic E-state index is 13.3. The molecule has 9 heteroatoms. The first kappa shape index (κ1) is 22.5. The second-order valence-corrected chi connectivity index (χ2v) is 8.82. The van der Waals surface area contributed by atoms with Crippen LogP contribution in [0.4, 0.5) is 5.82 Å². The fourth-order valence-electron chi connectivity index (χ4n) is 3.17. The van der Waals surface area contributed by atoms with Crippen LogP contribution >= 0.6 is 24.0 Å². The number of fused-ring (bicyclic) bond motifs is 1. The van der Waals surface area contributed by atoms with E-state index in [0.717, 1.165) is 18.4 Å². The summed E-state index contributed by atoms with van der Waals surface area (Å²) in [7, 11) is 1.65. The van der Waals surface area contributed by atoms with Crippen molar-refractivity contribution in [1.82, 2.24) is 14.3 Å². The van der Waals surface area contributed by atoms with Crippen LogP contribution in [0.3, 0.4) is 0 Å². The number of pyridine rings is 1. The van der Waals surface area contributed by atoms with Gasteiger partial charge in [-0.25, -0.2) is 4.98 Å². The standard InChI is InChI=1S/C21H26N4O3S2/c1-5-14(3)25-20(27)16(30-21(25)29)12-15-17(22-9-7-11-28-4)23-18-13(2)8-6-10-24(18)19(15)26/h6,8,10,12,14,22H,5,7,9,11H2,1-4H3. The number of rotatable bonds is 8. The number of nitrogens with one attached hydrogen (secondary N) is 1. The number of carbonyl (C=O) groups is 1. The Hall–Kier alpha value is -2.23. The van der Waals surface area contributed by atoms with E-state index in [1.165, 1.54) is 16.2 Å². The molecule has 160 valence electrons. The lowest BCUT2D eigenvalue weighted by Gasteiger charge is -2.21. The van der Waals surface area contributed by atoms with Gasteiger partial charge in [0.1, 0.15) is 15.8 Å². The number of anilines is 1. The number of thiocarbonyl (C=S) groups is 1. The molecule has 0 aromatic carbocycles. The molecule has 2 aromatic heterocycles. The number of aryl methyl sites for hydroxylation is 1. The van der Waals surface area contributed by atoms with Gasteiger partial charge in [0.15, 0.2) is 0 Å². The van der Waals surface area contributed by atoms with E-state index in [1.54, 1.807) is 24.3 Å². The molecule has 1 fully saturated rings. The third-order valence-electron chi connectivity index (χ3n) is 5.03. The first-order chi connectivity index (χ1) is 14.4. The second kappa shape index (κ2) is 9.72. The van der Waals surface area contributed by atoms with E-state index in [2.05, 4.69) is 10.3 Å². The Bertz CT molecular complexity index is 1060. The number of ether oxygens (including phenoxy) is 1. The van der Waals surface area contributed by atoms with Crippen molar-refractivity contribution in [2.75, 3.05) is 25.6 Å². The summed E-state index contributed by atoms with van der Waals surface area (Å²) in [5.41, 5.74) is 1.59. The minimum absolute atomic E-state index is 0.00788. The molecule has 7 nitrogen and oxygen atoms in total. The molecule has 1 aliphatic rings. The molecule has 3 heterocycles. The van der Waals surface area contributed by atoms with E-state index in [4.69, 9.17) is 17.0 Å². The summed E-state index contributed by atoms with van der Waals surface area (Å²) in [5, 5.41) is 3.24. The van der Waals surface area contributed by atoms with E-state index < -0.39 is 0 Å². The molecule has 1 aliphatic heterocycles. The van der Waals surface area contributed by atoms with Crippen molar-refractivity contribution in [1.29, 1.82) is 0 Å². The lowest BCUT2D eigenvalue weighted by Crippen LogP contribution is -2.36. The number of thioether (sulfide) groups is 1. The van der Waals surface area contributed by atoms with Crippen LogP contribution < -0.4 is 10.9 Å². The minimum atomic E-state index is -0.230. The van der Waals surface area contributed by atoms with Gasteiger partial charge in [-0.2, -0.15) is 0 Å². The number of aromatic nitrogens is 2. The number of hydrogen-bond donors (Lipinski definition) is 1. The quantitative estimate of drug-likeness (QED) is 0.378. The third kappa shape index (κ3) is 4.43. The van der Waals surface area contributed by atoms with Gasteiger partial charge in [0, 0.05) is 32.5 Å². The highest BCUT2D eigenvalue weighted by molar-refractivity contribution is 8.26. The van der Waals surface area contributed by atoms with Gasteiger partial charge < -0.3 is 10.1 Å². The van der Waals surface area contributed by atoms with E-state index in [-0.39, 0.29) is 17.5 Å². The van der Waals surface area contributed by atoms with Gasteiger partial charge >= 0.3 is 0 Å². The van der Waals surface area contributed by atoms with Crippen molar-refractivity contribution in [3.8, 4) is 0 Å². The molecule has 1 unspecified atom stereocenters. The van der Waals surface area contributed by atoms with Crippen LogP contribution in [0.2, 0.25) is 0 Å². The van der Waals surface area contributed by atoms with Crippen molar-refractivity contribution in [3.05, 3.63) is 44.7 Å². The van der Waals surface area contributed by atoms with Crippen molar-refractivity contribution in [2.24, 2.45) is 0 Å². The van der Waals surface area contributed by atoms with Crippen molar-refractivity contribution >= 4 is 51.7 Å². The van der Waals surface area contributed by atoms with Crippen LogP contribution in [-0.4, -0.2) is 50.8 Å². The molecule has 1 amide bonds. The largest absolute Gasteiger partial charge is 0.385 e. The molecular weight excluding hydrogens is 420 g/mol. The van der Waals surface area contributed by atoms with Crippen LogP contribution in [-0.2, 0) is 9.53 Å². The van der Waals surface area contributed by atoms with Gasteiger partial charge in [-0.1, -0.05) is 37.0 Å². The maximum absolute atomic E-state index is 13.3. The fourth-order valence-corrected chi connectivity index (χ4v) is 4.62. The summed E-state index contributed by atoms with van der Waals surface area (Å²) >= 11 is 6.63. The predicted molar refractivity (Wildman–Crippen MR) is 126 cm³/mol. The summed E-state index contributed by atoms with van der Waals surface area (Å²) in [6.45, 7) is 7.08. The molecule has 1 N–H and O–H groups in total. The Balaban J connectivity index is 2.08. The summed E-state index contributed by atoms with van der Waals surface area (Å²) in [5.74, 6) is 0.289. The Morgan fingerprint density at radius 1 is 1.40 bits per heavy atom. The Morgan fingerprint density at radius 2 is 2.17 bits per heavy atom. The van der Waals surface area contributed by atoms with Crippen LogP contribution in [0, 0.1) is 6.92 Å². The molecule has 2 aromatic rings. The summed E-state index contributed by atoms with van der Waals surface area (Å²) in [4.78, 5) is 33.0. The monoisotopic (exact) mass is 446 g/mol. The number of methoxy groups -OCH3 is 1. The summed E-state index contributed by atoms with van der Waals surface area (Å²) in [6.07, 6.45) is 4.87. The summed E-state index contributed by atoms with van der Waals surface area (Å²) < 4.78 is 7.12. The average molecular weight is 447 g/mol. The molecule has 1 atom stereocenters. The number of nitrogens with zero attached hydrogens (tertiary/aromatic N) is 3. The molecule has 0 bridgehead atoms. The highest BCUT2D eigenvalue weighted by Crippen LogP contribution is 2.34. The lowest BCUT2D eigenvalue weighted by atomic mass is 10.2. The molecule has 0 aliphatic carbocycles. The smallest absolute Gasteiger partial charge is 0.267 e. The molecule has 0 spiro atoms. The van der Waals surface area contributed by atoms with Gasteiger partial charge in [-0.3, -0.25) is 18.9 Å². The van der Waals surface area contributed by atoms with Gasteiger partial charge in [0.2, 0.25) is 0 Å². The second-order valence-electron chi connectivity index (χ2n) is 7.15. The van der Waals surface area contributed by atoms with Gasteiger partial charge in [0.05, 0.1) is 10.5 Å². The van der Waals surface area contributed by atoms with E-state index >= 15 is 0 Å². The van der Waals surface area contributed by atoms with Crippen molar-refractivity contribution < 1.29 is 9.53 Å². The number of carbonyl (C=O) groups excluding carboxylic acids is 1. The Kier molecular flexibility index (Phi) is 7.27. The zero-order chi connectivity index (χ0) is 21.8. The van der Waals surface area contributed by atoms with Crippen LogP contribution in [0.25, 0.3) is 11.7 Å².